The lowest BCUT2D eigenvalue weighted by molar-refractivity contribution is -0.143. The molecular formula is C15H16N2O2S. The van der Waals surface area contributed by atoms with E-state index in [9.17, 15) is 15.3 Å². The highest BCUT2D eigenvalue weighted by Gasteiger charge is 2.58. The molecule has 0 fully saturated rings. The monoisotopic (exact) mass is 288 g/mol. The molecule has 1 aromatic carbocycles. The van der Waals surface area contributed by atoms with E-state index >= 15 is 0 Å². The van der Waals surface area contributed by atoms with Gasteiger partial charge in [0.25, 0.3) is 0 Å². The fourth-order valence-corrected chi connectivity index (χ4v) is 3.58. The number of benzene rings is 1. The molecule has 5 heteroatoms. The van der Waals surface area contributed by atoms with Crippen LogP contribution in [-0.2, 0) is 14.9 Å². The quantitative estimate of drug-likeness (QED) is 0.629. The summed E-state index contributed by atoms with van der Waals surface area (Å²) in [5.41, 5.74) is -0.743. The molecule has 3 atom stereocenters. The second-order valence-corrected chi connectivity index (χ2v) is 6.41. The molecule has 4 nitrogen and oxygen atoms in total. The van der Waals surface area contributed by atoms with Gasteiger partial charge in [-0.2, -0.15) is 21.0 Å². The highest BCUT2D eigenvalue weighted by atomic mass is 32.2. The Morgan fingerprint density at radius 1 is 1.30 bits per heavy atom. The summed E-state index contributed by atoms with van der Waals surface area (Å²) in [7, 11) is 0.292. The van der Waals surface area contributed by atoms with Crippen LogP contribution in [0.1, 0.15) is 12.5 Å². The van der Waals surface area contributed by atoms with Crippen molar-refractivity contribution in [2.45, 2.75) is 17.1 Å². The highest BCUT2D eigenvalue weighted by molar-refractivity contribution is 8.15. The number of nitrogens with zero attached hydrogens (tertiary/aromatic N) is 2. The van der Waals surface area contributed by atoms with Crippen LogP contribution in [0.25, 0.3) is 0 Å². The zero-order valence-electron chi connectivity index (χ0n) is 11.7. The average Bonchev–Trinajstić information content (AvgIpc) is 2.48. The van der Waals surface area contributed by atoms with Gasteiger partial charge < -0.3 is 4.74 Å². The van der Waals surface area contributed by atoms with Crippen LogP contribution in [-0.4, -0.2) is 30.0 Å². The Hall–Kier alpha value is -2.11. The third-order valence-electron chi connectivity index (χ3n) is 3.43. The Morgan fingerprint density at radius 3 is 2.20 bits per heavy atom. The molecule has 0 bridgehead atoms. The van der Waals surface area contributed by atoms with E-state index in [0.717, 1.165) is 0 Å². The maximum atomic E-state index is 12.3. The third kappa shape index (κ3) is 2.11. The zero-order valence-corrected chi connectivity index (χ0v) is 12.5. The first-order valence-electron chi connectivity index (χ1n) is 5.83. The first kappa shape index (κ1) is 15.9. The minimum Gasteiger partial charge on any atom is -0.467 e. The van der Waals surface area contributed by atoms with Crippen LogP contribution in [0.5, 0.6) is 0 Å². The van der Waals surface area contributed by atoms with Crippen molar-refractivity contribution in [1.82, 2.24) is 0 Å². The largest absolute Gasteiger partial charge is 0.467 e. The molecular weight excluding hydrogens is 272 g/mol. The fourth-order valence-electron chi connectivity index (χ4n) is 2.19. The van der Waals surface area contributed by atoms with E-state index in [1.54, 1.807) is 37.4 Å². The normalized spacial score (nSPS) is 17.6. The predicted octanol–water partition coefficient (Wildman–Crippen LogP) is 2.23. The topological polar surface area (TPSA) is 73.9 Å². The second-order valence-electron chi connectivity index (χ2n) is 4.52. The van der Waals surface area contributed by atoms with Crippen LogP contribution < -0.4 is 0 Å². The summed E-state index contributed by atoms with van der Waals surface area (Å²) in [6, 6.07) is 12.9. The van der Waals surface area contributed by atoms with Crippen molar-refractivity contribution in [1.29, 1.82) is 10.5 Å². The minimum absolute atomic E-state index is 0.595. The lowest BCUT2D eigenvalue weighted by Gasteiger charge is -2.37. The zero-order chi connectivity index (χ0) is 15.4. The molecule has 0 aliphatic carbocycles. The van der Waals surface area contributed by atoms with Gasteiger partial charge >= 0.3 is 5.97 Å². The van der Waals surface area contributed by atoms with Gasteiger partial charge in [-0.25, -0.2) is 4.79 Å². The van der Waals surface area contributed by atoms with Gasteiger partial charge in [-0.3, -0.25) is 0 Å². The van der Waals surface area contributed by atoms with E-state index in [1.165, 1.54) is 7.11 Å². The van der Waals surface area contributed by atoms with E-state index in [1.807, 2.05) is 12.1 Å². The molecule has 104 valence electrons. The van der Waals surface area contributed by atoms with Crippen molar-refractivity contribution in [3.63, 3.8) is 0 Å². The van der Waals surface area contributed by atoms with Crippen molar-refractivity contribution in [2.24, 2.45) is 0 Å². The smallest absolute Gasteiger partial charge is 0.338 e. The van der Waals surface area contributed by atoms with Gasteiger partial charge in [0.15, 0.2) is 0 Å². The first-order valence-corrected chi connectivity index (χ1v) is 7.63. The van der Waals surface area contributed by atoms with Crippen molar-refractivity contribution >= 4 is 22.3 Å². The maximum absolute atomic E-state index is 12.3. The molecule has 1 rings (SSSR count). The summed E-state index contributed by atoms with van der Waals surface area (Å²) in [6.07, 6.45) is 1.67. The van der Waals surface area contributed by atoms with Crippen molar-refractivity contribution in [3.05, 3.63) is 35.9 Å². The summed E-state index contributed by atoms with van der Waals surface area (Å²) >= 11 is 0. The van der Waals surface area contributed by atoms with Crippen LogP contribution in [0.2, 0.25) is 0 Å². The number of carbonyl (C=O) groups excluding carboxylic acids is 1. The molecule has 0 aliphatic rings. The fraction of sp³-hybridized carbons (Fsp3) is 0.333. The maximum Gasteiger partial charge on any atom is 0.338 e. The minimum atomic E-state index is -1.64. The Balaban J connectivity index is 3.70. The number of methoxy groups -OCH3 is 1. The van der Waals surface area contributed by atoms with Crippen molar-refractivity contribution in [2.75, 3.05) is 13.4 Å². The van der Waals surface area contributed by atoms with Gasteiger partial charge in [-0.15, -0.1) is 0 Å². The van der Waals surface area contributed by atoms with E-state index in [0.29, 0.717) is 5.56 Å². The van der Waals surface area contributed by atoms with Crippen LogP contribution >= 0.6 is 10.5 Å². The molecule has 0 saturated heterocycles. The Morgan fingerprint density at radius 2 is 1.85 bits per heavy atom. The van der Waals surface area contributed by atoms with Crippen molar-refractivity contribution < 1.29 is 9.53 Å². The van der Waals surface area contributed by atoms with Crippen LogP contribution in [0.3, 0.4) is 0 Å². The van der Waals surface area contributed by atoms with E-state index in [-0.39, 0.29) is 0 Å². The Labute approximate surface area is 121 Å². The number of hydrogen-bond donors (Lipinski definition) is 0. The summed E-state index contributed by atoms with van der Waals surface area (Å²) in [6.45, 7) is 1.58. The SMILES string of the molecule is C=S(C)C(C#N)(C(=O)OC)C(C)(C#N)c1ccccc1. The average molecular weight is 288 g/mol. The first-order chi connectivity index (χ1) is 9.40. The molecule has 0 spiro atoms. The van der Waals surface area contributed by atoms with Gasteiger partial charge in [0.2, 0.25) is 4.75 Å². The van der Waals surface area contributed by atoms with Gasteiger partial charge in [0.05, 0.1) is 19.2 Å². The number of ether oxygens (including phenoxy) is 1. The molecule has 0 radical (unpaired) electrons. The summed E-state index contributed by atoms with van der Waals surface area (Å²) in [4.78, 5) is 12.3. The number of carbonyl (C=O) groups is 1. The van der Waals surface area contributed by atoms with Gasteiger partial charge in [0.1, 0.15) is 5.41 Å². The summed E-state index contributed by atoms with van der Waals surface area (Å²) < 4.78 is 3.15. The Kier molecular flexibility index (Phi) is 4.70. The van der Waals surface area contributed by atoms with E-state index in [4.69, 9.17) is 4.74 Å². The van der Waals surface area contributed by atoms with Crippen LogP contribution in [0.4, 0.5) is 0 Å². The van der Waals surface area contributed by atoms with Crippen LogP contribution in [0, 0.1) is 22.7 Å². The molecule has 0 N–H and O–H groups in total. The molecule has 20 heavy (non-hydrogen) atoms. The summed E-state index contributed by atoms with van der Waals surface area (Å²) in [5.74, 6) is 3.12. The molecule has 0 aromatic heterocycles. The lowest BCUT2D eigenvalue weighted by atomic mass is 9.72. The number of hydrogen-bond acceptors (Lipinski definition) is 4. The van der Waals surface area contributed by atoms with Gasteiger partial charge in [-0.05, 0) is 18.7 Å². The predicted molar refractivity (Wildman–Crippen MR) is 80.4 cm³/mol. The highest BCUT2D eigenvalue weighted by Crippen LogP contribution is 2.46. The van der Waals surface area contributed by atoms with E-state index < -0.39 is 26.6 Å². The molecule has 0 saturated carbocycles. The molecule has 1 aromatic rings. The molecule has 0 aliphatic heterocycles. The standard InChI is InChI=1S/C15H16N2O2S/c1-14(10-16,12-8-6-5-7-9-12)15(11-17,20(3)4)13(18)19-2/h5-9H,3H2,1-2,4H3. The molecule has 0 amide bonds. The summed E-state index contributed by atoms with van der Waals surface area (Å²) in [5, 5.41) is 19.3. The van der Waals surface area contributed by atoms with Crippen molar-refractivity contribution in [3.8, 4) is 12.1 Å². The third-order valence-corrected chi connectivity index (χ3v) is 5.14. The van der Waals surface area contributed by atoms with E-state index in [2.05, 4.69) is 11.9 Å². The van der Waals surface area contributed by atoms with Gasteiger partial charge in [-0.1, -0.05) is 36.2 Å². The Bertz CT molecular complexity index is 615. The number of nitriles is 2. The van der Waals surface area contributed by atoms with Crippen LogP contribution in [0.15, 0.2) is 30.3 Å². The molecule has 0 heterocycles. The molecule has 3 unspecified atom stereocenters. The number of rotatable bonds is 4. The number of esters is 1. The van der Waals surface area contributed by atoms with Gasteiger partial charge in [0, 0.05) is 0 Å². The second kappa shape index (κ2) is 5.90. The lowest BCUT2D eigenvalue weighted by Crippen LogP contribution is -2.52.